The fourth-order valence-corrected chi connectivity index (χ4v) is 0.292. The maximum absolute atomic E-state index is 9.80. The van der Waals surface area contributed by atoms with Crippen LogP contribution in [-0.4, -0.2) is 19.4 Å². The lowest BCUT2D eigenvalue weighted by Gasteiger charge is -1.78. The molecule has 0 N–H and O–H groups in total. The molecule has 1 fully saturated rings. The van der Waals surface area contributed by atoms with Gasteiger partial charge in [-0.05, 0) is 0 Å². The molecule has 3 heteroatoms. The maximum Gasteiger partial charge on any atom is 0.508 e. The minimum Gasteiger partial charge on any atom is -0.431 e. The van der Waals surface area contributed by atoms with Crippen LogP contribution in [-0.2, 0) is 9.47 Å². The Morgan fingerprint density at radius 2 is 1.83 bits per heavy atom. The van der Waals surface area contributed by atoms with Gasteiger partial charge in [0.1, 0.15) is 13.2 Å². The van der Waals surface area contributed by atoms with Crippen LogP contribution < -0.4 is 0 Å². The lowest BCUT2D eigenvalue weighted by atomic mass is 11.8. The molecule has 1 aliphatic heterocycles. The van der Waals surface area contributed by atoms with Crippen LogP contribution in [0.25, 0.3) is 0 Å². The second kappa shape index (κ2) is 1.16. The molecular formula is C3H4O3. The standard InChI is InChI=1S/C3H4O3/c4-3-5-1-2-6-3/h1-2H2/i1+1,2+1,3+1. The Balaban J connectivity index is 2.37. The van der Waals surface area contributed by atoms with Crippen molar-refractivity contribution in [3.05, 3.63) is 0 Å². The van der Waals surface area contributed by atoms with Crippen LogP contribution in [0.4, 0.5) is 4.79 Å². The molecule has 0 aromatic carbocycles. The summed E-state index contributed by atoms with van der Waals surface area (Å²) in [6.45, 7) is 0.831. The van der Waals surface area contributed by atoms with Crippen LogP contribution in [0.2, 0.25) is 0 Å². The fourth-order valence-electron chi connectivity index (χ4n) is 0.292. The normalized spacial score (nSPS) is 19.7. The number of rotatable bonds is 0. The largest absolute Gasteiger partial charge is 0.508 e. The SMILES string of the molecule is O=[13C]1O[13CH2][13CH2]O1. The van der Waals surface area contributed by atoms with Crippen molar-refractivity contribution in [2.45, 2.75) is 0 Å². The molecule has 0 amide bonds. The van der Waals surface area contributed by atoms with Crippen molar-refractivity contribution in [3.8, 4) is 0 Å². The first-order chi connectivity index (χ1) is 2.89. The Kier molecular flexibility index (Phi) is 0.670. The number of hydrogen-bond acceptors (Lipinski definition) is 3. The van der Waals surface area contributed by atoms with E-state index in [1.54, 1.807) is 0 Å². The summed E-state index contributed by atoms with van der Waals surface area (Å²) in [6.07, 6.45) is -0.546. The van der Waals surface area contributed by atoms with E-state index in [4.69, 9.17) is 0 Å². The van der Waals surface area contributed by atoms with Crippen molar-refractivity contribution in [2.24, 2.45) is 0 Å². The molecule has 34 valence electrons. The zero-order valence-corrected chi connectivity index (χ0v) is 3.14. The molecule has 1 saturated heterocycles. The second-order valence-electron chi connectivity index (χ2n) is 0.947. The van der Waals surface area contributed by atoms with Crippen molar-refractivity contribution < 1.29 is 14.3 Å². The lowest BCUT2D eigenvalue weighted by Crippen LogP contribution is -1.88. The monoisotopic (exact) mass is 91.0 g/mol. The van der Waals surface area contributed by atoms with E-state index < -0.39 is 6.16 Å². The van der Waals surface area contributed by atoms with Gasteiger partial charge in [-0.2, -0.15) is 0 Å². The smallest absolute Gasteiger partial charge is 0.431 e. The van der Waals surface area contributed by atoms with Crippen LogP contribution in [0.1, 0.15) is 0 Å². The van der Waals surface area contributed by atoms with Gasteiger partial charge in [0, 0.05) is 0 Å². The summed E-state index contributed by atoms with van der Waals surface area (Å²) in [5, 5.41) is 0. The lowest BCUT2D eigenvalue weighted by molar-refractivity contribution is 0.131. The number of carbonyl (C=O) groups is 1. The molecule has 0 spiro atoms. The van der Waals surface area contributed by atoms with Gasteiger partial charge in [-0.1, -0.05) is 0 Å². The Morgan fingerprint density at radius 3 is 2.00 bits per heavy atom. The topological polar surface area (TPSA) is 35.5 Å². The van der Waals surface area contributed by atoms with Crippen LogP contribution in [0.3, 0.4) is 0 Å². The Labute approximate surface area is 34.9 Å². The highest BCUT2D eigenvalue weighted by Gasteiger charge is 2.09. The van der Waals surface area contributed by atoms with E-state index in [1.807, 2.05) is 0 Å². The van der Waals surface area contributed by atoms with Crippen molar-refractivity contribution in [1.82, 2.24) is 0 Å². The molecule has 0 aromatic heterocycles. The average molecular weight is 91.0 g/mol. The van der Waals surface area contributed by atoms with Crippen molar-refractivity contribution in [1.29, 1.82) is 0 Å². The number of carbonyl (C=O) groups excluding carboxylic acids is 1. The third-order valence-electron chi connectivity index (χ3n) is 0.523. The molecule has 3 nitrogen and oxygen atoms in total. The zero-order chi connectivity index (χ0) is 4.41. The summed E-state index contributed by atoms with van der Waals surface area (Å²) >= 11 is 0. The number of ether oxygens (including phenoxy) is 2. The van der Waals surface area contributed by atoms with E-state index in [0.29, 0.717) is 13.2 Å². The zero-order valence-electron chi connectivity index (χ0n) is 3.14. The molecule has 0 atom stereocenters. The minimum atomic E-state index is -0.546. The van der Waals surface area contributed by atoms with Crippen LogP contribution in [0.5, 0.6) is 0 Å². The van der Waals surface area contributed by atoms with E-state index in [-0.39, 0.29) is 0 Å². The highest BCUT2D eigenvalue weighted by atomic mass is 16.9. The molecule has 0 aromatic rings. The third-order valence-corrected chi connectivity index (χ3v) is 0.523. The molecule has 0 saturated carbocycles. The van der Waals surface area contributed by atoms with E-state index in [0.717, 1.165) is 0 Å². The van der Waals surface area contributed by atoms with Crippen LogP contribution >= 0.6 is 0 Å². The molecule has 0 radical (unpaired) electrons. The first-order valence-electron chi connectivity index (χ1n) is 1.69. The highest BCUT2D eigenvalue weighted by Crippen LogP contribution is 1.92. The van der Waals surface area contributed by atoms with Crippen molar-refractivity contribution in [3.63, 3.8) is 0 Å². The second-order valence-corrected chi connectivity index (χ2v) is 0.947. The van der Waals surface area contributed by atoms with Gasteiger partial charge in [0.25, 0.3) is 0 Å². The Bertz CT molecular complexity index is 60.4. The quantitative estimate of drug-likeness (QED) is 0.314. The number of hydrogen-bond donors (Lipinski definition) is 0. The van der Waals surface area contributed by atoms with Gasteiger partial charge in [0.2, 0.25) is 0 Å². The fraction of sp³-hybridized carbons (Fsp3) is 0.667. The molecule has 0 unspecified atom stereocenters. The van der Waals surface area contributed by atoms with Gasteiger partial charge in [-0.15, -0.1) is 0 Å². The summed E-state index contributed by atoms with van der Waals surface area (Å²) in [4.78, 5) is 9.80. The van der Waals surface area contributed by atoms with Gasteiger partial charge in [-0.3, -0.25) is 0 Å². The maximum atomic E-state index is 9.80. The summed E-state index contributed by atoms with van der Waals surface area (Å²) in [5.74, 6) is 0. The minimum absolute atomic E-state index is 0.416. The predicted molar refractivity (Wildman–Crippen MR) is 17.3 cm³/mol. The van der Waals surface area contributed by atoms with Gasteiger partial charge >= 0.3 is 6.16 Å². The first kappa shape index (κ1) is 3.46. The summed E-state index contributed by atoms with van der Waals surface area (Å²) < 4.78 is 8.58. The van der Waals surface area contributed by atoms with E-state index >= 15 is 0 Å². The summed E-state index contributed by atoms with van der Waals surface area (Å²) in [7, 11) is 0. The molecule has 6 heavy (non-hydrogen) atoms. The summed E-state index contributed by atoms with van der Waals surface area (Å²) in [5.41, 5.74) is 0. The molecular weight excluding hydrogens is 87.0 g/mol. The van der Waals surface area contributed by atoms with Crippen molar-refractivity contribution in [2.75, 3.05) is 13.2 Å². The molecule has 1 aliphatic rings. The first-order valence-corrected chi connectivity index (χ1v) is 1.69. The van der Waals surface area contributed by atoms with E-state index in [2.05, 4.69) is 9.47 Å². The summed E-state index contributed by atoms with van der Waals surface area (Å²) in [6, 6.07) is 0. The molecule has 1 heterocycles. The van der Waals surface area contributed by atoms with Crippen LogP contribution in [0, 0.1) is 0 Å². The van der Waals surface area contributed by atoms with Crippen LogP contribution in [0.15, 0.2) is 0 Å². The Morgan fingerprint density at radius 1 is 1.33 bits per heavy atom. The third kappa shape index (κ3) is 0.429. The molecule has 0 aliphatic carbocycles. The Hall–Kier alpha value is -0.730. The predicted octanol–water partition coefficient (Wildman–Crippen LogP) is 0.153. The van der Waals surface area contributed by atoms with Gasteiger partial charge < -0.3 is 9.47 Å². The van der Waals surface area contributed by atoms with E-state index in [1.165, 1.54) is 0 Å². The average Bonchev–Trinajstić information content (AvgIpc) is 1.86. The van der Waals surface area contributed by atoms with Gasteiger partial charge in [0.05, 0.1) is 0 Å². The molecule has 0 bridgehead atoms. The van der Waals surface area contributed by atoms with E-state index in [9.17, 15) is 4.79 Å². The number of cyclic esters (lactones) is 2. The van der Waals surface area contributed by atoms with Gasteiger partial charge in [0.15, 0.2) is 0 Å². The van der Waals surface area contributed by atoms with Gasteiger partial charge in [-0.25, -0.2) is 4.79 Å². The highest BCUT2D eigenvalue weighted by molar-refractivity contribution is 5.61. The van der Waals surface area contributed by atoms with Crippen molar-refractivity contribution >= 4 is 6.16 Å². The molecule has 1 rings (SSSR count).